The first-order chi connectivity index (χ1) is 10.1. The fraction of sp³-hybridized carbons (Fsp3) is 0.571. The second kappa shape index (κ2) is 6.39. The Bertz CT molecular complexity index is 559. The average Bonchev–Trinajstić information content (AvgIpc) is 3.16. The predicted molar refractivity (Wildman–Crippen MR) is 73.3 cm³/mol. The van der Waals surface area contributed by atoms with Crippen molar-refractivity contribution in [2.45, 2.75) is 37.8 Å². The highest BCUT2D eigenvalue weighted by molar-refractivity contribution is 6.06. The lowest BCUT2D eigenvalue weighted by atomic mass is 10.1. The Labute approximate surface area is 122 Å². The number of carbonyl (C=O) groups excluding carboxylic acids is 2. The summed E-state index contributed by atoms with van der Waals surface area (Å²) in [4.78, 5) is 27.2. The molecule has 0 amide bonds. The van der Waals surface area contributed by atoms with Crippen molar-refractivity contribution in [3.05, 3.63) is 11.3 Å². The maximum Gasteiger partial charge on any atom is 0.330 e. The van der Waals surface area contributed by atoms with Crippen molar-refractivity contribution in [2.75, 3.05) is 14.2 Å². The third-order valence-corrected chi connectivity index (χ3v) is 3.66. The van der Waals surface area contributed by atoms with Crippen molar-refractivity contribution in [1.82, 2.24) is 5.32 Å². The molecule has 2 rings (SSSR count). The van der Waals surface area contributed by atoms with Gasteiger partial charge in [-0.2, -0.15) is 5.26 Å². The van der Waals surface area contributed by atoms with E-state index in [-0.39, 0.29) is 11.9 Å². The number of esters is 2. The number of aliphatic imine (C=N–C) groups is 1. The van der Waals surface area contributed by atoms with Crippen LogP contribution >= 0.6 is 0 Å². The summed E-state index contributed by atoms with van der Waals surface area (Å²) >= 11 is 0. The van der Waals surface area contributed by atoms with Gasteiger partial charge in [0.15, 0.2) is 0 Å². The highest BCUT2D eigenvalue weighted by Gasteiger charge is 2.32. The van der Waals surface area contributed by atoms with Crippen LogP contribution in [0.5, 0.6) is 0 Å². The van der Waals surface area contributed by atoms with E-state index in [0.29, 0.717) is 42.7 Å². The van der Waals surface area contributed by atoms with Crippen LogP contribution in [0, 0.1) is 11.3 Å². The Morgan fingerprint density at radius 1 is 1.24 bits per heavy atom. The van der Waals surface area contributed by atoms with Crippen LogP contribution in [-0.2, 0) is 19.1 Å². The first-order valence-corrected chi connectivity index (χ1v) is 6.73. The first kappa shape index (κ1) is 15.0. The Kier molecular flexibility index (Phi) is 4.58. The standard InChI is InChI=1S/C14H17N3O4/c1-20-13(18)11-5-3-9(16-11)8(7-15)10-4-6-12(17-10)14(19)21-2/h11-12,16H,3-6H2,1-2H3/t11-,12-/m0/s1. The monoisotopic (exact) mass is 291 g/mol. The molecule has 0 radical (unpaired) electrons. The molecule has 2 heterocycles. The summed E-state index contributed by atoms with van der Waals surface area (Å²) in [5, 5.41) is 12.4. The van der Waals surface area contributed by atoms with Crippen LogP contribution in [0.3, 0.4) is 0 Å². The number of hydrogen-bond donors (Lipinski definition) is 1. The van der Waals surface area contributed by atoms with Crippen molar-refractivity contribution < 1.29 is 19.1 Å². The molecule has 0 aromatic rings. The molecule has 0 aromatic carbocycles. The Balaban J connectivity index is 2.18. The zero-order valence-electron chi connectivity index (χ0n) is 12.0. The van der Waals surface area contributed by atoms with Gasteiger partial charge in [0.25, 0.3) is 0 Å². The van der Waals surface area contributed by atoms with Crippen molar-refractivity contribution in [2.24, 2.45) is 4.99 Å². The van der Waals surface area contributed by atoms with Gasteiger partial charge in [-0.15, -0.1) is 0 Å². The van der Waals surface area contributed by atoms with Gasteiger partial charge >= 0.3 is 11.9 Å². The molecule has 7 heteroatoms. The Hall–Kier alpha value is -2.36. The van der Waals surface area contributed by atoms with E-state index in [1.54, 1.807) is 0 Å². The smallest absolute Gasteiger partial charge is 0.330 e. The third-order valence-electron chi connectivity index (χ3n) is 3.66. The van der Waals surface area contributed by atoms with E-state index >= 15 is 0 Å². The van der Waals surface area contributed by atoms with E-state index in [0.717, 1.165) is 0 Å². The average molecular weight is 291 g/mol. The van der Waals surface area contributed by atoms with Crippen molar-refractivity contribution in [1.29, 1.82) is 5.26 Å². The quantitative estimate of drug-likeness (QED) is 0.599. The zero-order chi connectivity index (χ0) is 15.4. The molecule has 2 aliphatic heterocycles. The number of hydrogen-bond acceptors (Lipinski definition) is 7. The van der Waals surface area contributed by atoms with E-state index < -0.39 is 12.1 Å². The van der Waals surface area contributed by atoms with E-state index in [1.807, 2.05) is 0 Å². The minimum Gasteiger partial charge on any atom is -0.467 e. The molecular formula is C14H17N3O4. The molecule has 2 atom stereocenters. The number of nitriles is 1. The largest absolute Gasteiger partial charge is 0.467 e. The van der Waals surface area contributed by atoms with Gasteiger partial charge in [0.2, 0.25) is 0 Å². The molecule has 1 fully saturated rings. The SMILES string of the molecule is COC(=O)[C@@H]1CCC(C(C#N)=C2CC[C@@H](C(=O)OC)N2)=N1. The van der Waals surface area contributed by atoms with Gasteiger partial charge in [-0.1, -0.05) is 0 Å². The van der Waals surface area contributed by atoms with Crippen LogP contribution in [-0.4, -0.2) is 44.0 Å². The molecule has 21 heavy (non-hydrogen) atoms. The highest BCUT2D eigenvalue weighted by atomic mass is 16.5. The maximum atomic E-state index is 11.5. The summed E-state index contributed by atoms with van der Waals surface area (Å²) in [7, 11) is 2.65. The summed E-state index contributed by atoms with van der Waals surface area (Å²) in [5.41, 5.74) is 1.71. The molecule has 1 saturated heterocycles. The summed E-state index contributed by atoms with van der Waals surface area (Å²) in [5.74, 6) is -0.734. The molecule has 2 aliphatic rings. The van der Waals surface area contributed by atoms with Gasteiger partial charge in [-0.05, 0) is 25.7 Å². The zero-order valence-corrected chi connectivity index (χ0v) is 12.0. The summed E-state index contributed by atoms with van der Waals surface area (Å²) < 4.78 is 9.35. The van der Waals surface area contributed by atoms with E-state index in [9.17, 15) is 14.9 Å². The number of allylic oxidation sites excluding steroid dienone is 2. The molecule has 7 nitrogen and oxygen atoms in total. The topological polar surface area (TPSA) is 101 Å². The third kappa shape index (κ3) is 3.05. The Morgan fingerprint density at radius 2 is 1.95 bits per heavy atom. The number of carbonyl (C=O) groups is 2. The molecule has 112 valence electrons. The van der Waals surface area contributed by atoms with Gasteiger partial charge in [-0.25, -0.2) is 9.59 Å². The van der Waals surface area contributed by atoms with Crippen molar-refractivity contribution in [3.8, 4) is 6.07 Å². The molecule has 0 spiro atoms. The van der Waals surface area contributed by atoms with Crippen LogP contribution in [0.15, 0.2) is 16.3 Å². The van der Waals surface area contributed by atoms with E-state index in [4.69, 9.17) is 0 Å². The van der Waals surface area contributed by atoms with Crippen LogP contribution in [0.4, 0.5) is 0 Å². The summed E-state index contributed by atoms with van der Waals surface area (Å²) in [6, 6.07) is 1.16. The lowest BCUT2D eigenvalue weighted by Gasteiger charge is -2.09. The number of nitrogens with one attached hydrogen (secondary N) is 1. The summed E-state index contributed by atoms with van der Waals surface area (Å²) in [6.07, 6.45) is 2.27. The van der Waals surface area contributed by atoms with Crippen molar-refractivity contribution in [3.63, 3.8) is 0 Å². The highest BCUT2D eigenvalue weighted by Crippen LogP contribution is 2.25. The predicted octanol–water partition coefficient (Wildman–Crippen LogP) is 0.465. The summed E-state index contributed by atoms with van der Waals surface area (Å²) in [6.45, 7) is 0. The van der Waals surface area contributed by atoms with Crippen molar-refractivity contribution >= 4 is 17.7 Å². The molecule has 0 saturated carbocycles. The number of rotatable bonds is 3. The first-order valence-electron chi connectivity index (χ1n) is 6.73. The maximum absolute atomic E-state index is 11.5. The lowest BCUT2D eigenvalue weighted by molar-refractivity contribution is -0.143. The van der Waals surface area contributed by atoms with Crippen LogP contribution in [0.2, 0.25) is 0 Å². The molecular weight excluding hydrogens is 274 g/mol. The fourth-order valence-corrected chi connectivity index (χ4v) is 2.55. The van der Waals surface area contributed by atoms with Gasteiger partial charge in [0.05, 0.1) is 25.5 Å². The van der Waals surface area contributed by atoms with Gasteiger partial charge in [0.1, 0.15) is 18.2 Å². The molecule has 0 bridgehead atoms. The fourth-order valence-electron chi connectivity index (χ4n) is 2.55. The van der Waals surface area contributed by atoms with Crippen LogP contribution < -0.4 is 5.32 Å². The number of nitrogens with zero attached hydrogens (tertiary/aromatic N) is 2. The van der Waals surface area contributed by atoms with Gasteiger partial charge in [0, 0.05) is 5.70 Å². The van der Waals surface area contributed by atoms with E-state index in [2.05, 4.69) is 25.9 Å². The minimum absolute atomic E-state index is 0.344. The van der Waals surface area contributed by atoms with Gasteiger partial charge < -0.3 is 14.8 Å². The second-order valence-electron chi connectivity index (χ2n) is 4.88. The molecule has 1 N–H and O–H groups in total. The molecule has 0 aliphatic carbocycles. The van der Waals surface area contributed by atoms with E-state index in [1.165, 1.54) is 14.2 Å². The lowest BCUT2D eigenvalue weighted by Crippen LogP contribution is -2.31. The molecule has 0 aromatic heterocycles. The Morgan fingerprint density at radius 3 is 2.57 bits per heavy atom. The molecule has 0 unspecified atom stereocenters. The van der Waals surface area contributed by atoms with Crippen LogP contribution in [0.25, 0.3) is 0 Å². The van der Waals surface area contributed by atoms with Crippen LogP contribution in [0.1, 0.15) is 25.7 Å². The van der Waals surface area contributed by atoms with Gasteiger partial charge in [-0.3, -0.25) is 4.99 Å². The minimum atomic E-state index is -0.535. The second-order valence-corrected chi connectivity index (χ2v) is 4.88. The normalized spacial score (nSPS) is 26.4. The number of methoxy groups -OCH3 is 2. The number of ether oxygens (including phenoxy) is 2.